The van der Waals surface area contributed by atoms with Gasteiger partial charge in [0.25, 0.3) is 5.91 Å². The van der Waals surface area contributed by atoms with Gasteiger partial charge in [-0.2, -0.15) is 5.26 Å². The highest BCUT2D eigenvalue weighted by atomic mass is 35.5. The van der Waals surface area contributed by atoms with Gasteiger partial charge >= 0.3 is 5.97 Å². The van der Waals surface area contributed by atoms with Crippen molar-refractivity contribution < 1.29 is 14.3 Å². The maximum absolute atomic E-state index is 13.0. The zero-order chi connectivity index (χ0) is 24.1. The number of halogens is 1. The number of ether oxygens (including phenoxy) is 1. The highest BCUT2D eigenvalue weighted by molar-refractivity contribution is 7.15. The molecule has 3 aromatic carbocycles. The van der Waals surface area contributed by atoms with Crippen molar-refractivity contribution in [3.8, 4) is 17.2 Å². The van der Waals surface area contributed by atoms with Crippen LogP contribution in [0.25, 0.3) is 28.0 Å². The second kappa shape index (κ2) is 10.3. The number of benzene rings is 3. The number of carbonyl (C=O) groups excluding carboxylic acids is 2. The molecule has 0 saturated carbocycles. The lowest BCUT2D eigenvalue weighted by molar-refractivity contribution is -0.112. The number of anilines is 1. The lowest BCUT2D eigenvalue weighted by Crippen LogP contribution is -2.16. The average molecular weight is 487 g/mol. The summed E-state index contributed by atoms with van der Waals surface area (Å²) in [6.07, 6.45) is 1.55. The fourth-order valence-electron chi connectivity index (χ4n) is 3.55. The topological polar surface area (TPSA) is 79.2 Å². The molecule has 0 atom stereocenters. The Morgan fingerprint density at radius 1 is 1.09 bits per heavy atom. The van der Waals surface area contributed by atoms with Gasteiger partial charge in [-0.05, 0) is 47.0 Å². The van der Waals surface area contributed by atoms with E-state index in [2.05, 4.69) is 5.32 Å². The van der Waals surface area contributed by atoms with Crippen LogP contribution < -0.4 is 5.32 Å². The van der Waals surface area contributed by atoms with E-state index in [9.17, 15) is 14.9 Å². The van der Waals surface area contributed by atoms with Crippen LogP contribution in [-0.4, -0.2) is 18.5 Å². The van der Waals surface area contributed by atoms with Crippen molar-refractivity contribution >= 4 is 56.7 Å². The molecule has 7 heteroatoms. The Bertz CT molecular complexity index is 1440. The first-order valence-electron chi connectivity index (χ1n) is 10.5. The highest BCUT2D eigenvalue weighted by Gasteiger charge is 2.24. The van der Waals surface area contributed by atoms with Crippen LogP contribution in [0, 0.1) is 11.3 Å². The number of rotatable bonds is 6. The van der Waals surface area contributed by atoms with Gasteiger partial charge < -0.3 is 10.1 Å². The minimum atomic E-state index is -0.606. The van der Waals surface area contributed by atoms with Crippen LogP contribution in [0.15, 0.2) is 77.7 Å². The van der Waals surface area contributed by atoms with Gasteiger partial charge in [0.05, 0.1) is 6.61 Å². The first-order chi connectivity index (χ1) is 16.5. The predicted octanol–water partition coefficient (Wildman–Crippen LogP) is 6.94. The predicted molar refractivity (Wildman–Crippen MR) is 137 cm³/mol. The quantitative estimate of drug-likeness (QED) is 0.182. The number of carbonyl (C=O) groups is 2. The molecule has 1 aromatic heterocycles. The van der Waals surface area contributed by atoms with E-state index in [1.165, 1.54) is 11.3 Å². The van der Waals surface area contributed by atoms with Crippen molar-refractivity contribution in [2.24, 2.45) is 0 Å². The zero-order valence-corrected chi connectivity index (χ0v) is 19.7. The molecule has 4 rings (SSSR count). The Morgan fingerprint density at radius 3 is 2.56 bits per heavy atom. The van der Waals surface area contributed by atoms with E-state index in [-0.39, 0.29) is 17.7 Å². The van der Waals surface area contributed by atoms with Crippen LogP contribution in [0.3, 0.4) is 0 Å². The summed E-state index contributed by atoms with van der Waals surface area (Å²) in [5.74, 6) is -1.16. The Balaban J connectivity index is 1.70. The number of hydrogen-bond acceptors (Lipinski definition) is 5. The monoisotopic (exact) mass is 486 g/mol. The Hall–Kier alpha value is -3.92. The number of nitriles is 1. The normalized spacial score (nSPS) is 11.1. The lowest BCUT2D eigenvalue weighted by Gasteiger charge is -2.09. The molecule has 5 nitrogen and oxygen atoms in total. The number of esters is 1. The Labute approximate surface area is 205 Å². The van der Waals surface area contributed by atoms with E-state index >= 15 is 0 Å². The average Bonchev–Trinajstić information content (AvgIpc) is 3.26. The maximum Gasteiger partial charge on any atom is 0.341 e. The molecule has 0 aliphatic rings. The molecule has 0 unspecified atom stereocenters. The second-order valence-electron chi connectivity index (χ2n) is 7.27. The fraction of sp³-hybridized carbons (Fsp3) is 0.0741. The highest BCUT2D eigenvalue weighted by Crippen LogP contribution is 2.37. The van der Waals surface area contributed by atoms with Gasteiger partial charge in [-0.15, -0.1) is 11.3 Å². The number of nitrogens with zero attached hydrogens (tertiary/aromatic N) is 1. The van der Waals surface area contributed by atoms with Crippen molar-refractivity contribution in [3.05, 3.63) is 93.8 Å². The molecule has 168 valence electrons. The molecule has 0 spiro atoms. The molecule has 0 aliphatic heterocycles. The van der Waals surface area contributed by atoms with Gasteiger partial charge in [0, 0.05) is 16.0 Å². The Kier molecular flexibility index (Phi) is 7.07. The minimum Gasteiger partial charge on any atom is -0.462 e. The summed E-state index contributed by atoms with van der Waals surface area (Å²) in [6, 6.07) is 22.4. The molecule has 4 aromatic rings. The number of hydrogen-bond donors (Lipinski definition) is 1. The van der Waals surface area contributed by atoms with Gasteiger partial charge in [-0.1, -0.05) is 66.2 Å². The third-order valence-corrected chi connectivity index (χ3v) is 6.29. The summed E-state index contributed by atoms with van der Waals surface area (Å²) in [4.78, 5) is 25.8. The molecule has 34 heavy (non-hydrogen) atoms. The van der Waals surface area contributed by atoms with Crippen molar-refractivity contribution in [3.63, 3.8) is 0 Å². The molecule has 1 N–H and O–H groups in total. The number of thiophene rings is 1. The summed E-state index contributed by atoms with van der Waals surface area (Å²) in [5, 5.41) is 17.0. The van der Waals surface area contributed by atoms with E-state index in [4.69, 9.17) is 16.3 Å². The zero-order valence-electron chi connectivity index (χ0n) is 18.2. The SMILES string of the molecule is CCOC(=O)c1c(-c2ccc(Cl)cc2)csc1NC(=O)/C(C#N)=C/c1cccc2ccccc12. The second-order valence-corrected chi connectivity index (χ2v) is 8.59. The van der Waals surface area contributed by atoms with Gasteiger partial charge in [0.15, 0.2) is 0 Å². The van der Waals surface area contributed by atoms with Crippen LogP contribution in [0.1, 0.15) is 22.8 Å². The van der Waals surface area contributed by atoms with Crippen molar-refractivity contribution in [1.29, 1.82) is 5.26 Å². The van der Waals surface area contributed by atoms with E-state index in [0.717, 1.165) is 21.9 Å². The van der Waals surface area contributed by atoms with Gasteiger partial charge in [-0.25, -0.2) is 4.79 Å². The smallest absolute Gasteiger partial charge is 0.341 e. The van der Waals surface area contributed by atoms with Crippen LogP contribution in [-0.2, 0) is 9.53 Å². The molecule has 0 radical (unpaired) electrons. The van der Waals surface area contributed by atoms with E-state index in [1.54, 1.807) is 42.6 Å². The van der Waals surface area contributed by atoms with Crippen LogP contribution >= 0.6 is 22.9 Å². The first kappa shape index (κ1) is 23.2. The molecule has 0 aliphatic carbocycles. The van der Waals surface area contributed by atoms with Gasteiger partial charge in [0.2, 0.25) is 0 Å². The minimum absolute atomic E-state index is 0.0763. The summed E-state index contributed by atoms with van der Waals surface area (Å²) in [6.45, 7) is 1.90. The summed E-state index contributed by atoms with van der Waals surface area (Å²) >= 11 is 7.19. The third-order valence-electron chi connectivity index (χ3n) is 5.14. The largest absolute Gasteiger partial charge is 0.462 e. The summed E-state index contributed by atoms with van der Waals surface area (Å²) < 4.78 is 5.24. The van der Waals surface area contributed by atoms with Crippen LogP contribution in [0.2, 0.25) is 5.02 Å². The third kappa shape index (κ3) is 4.86. The number of amides is 1. The van der Waals surface area contributed by atoms with E-state index in [1.807, 2.05) is 48.5 Å². The molecule has 1 amide bonds. The van der Waals surface area contributed by atoms with E-state index < -0.39 is 11.9 Å². The molecule has 1 heterocycles. The number of nitrogens with one attached hydrogen (secondary N) is 1. The van der Waals surface area contributed by atoms with E-state index in [0.29, 0.717) is 15.6 Å². The molecular weight excluding hydrogens is 468 g/mol. The Morgan fingerprint density at radius 2 is 1.82 bits per heavy atom. The van der Waals surface area contributed by atoms with Crippen LogP contribution in [0.4, 0.5) is 5.00 Å². The van der Waals surface area contributed by atoms with Crippen molar-refractivity contribution in [2.75, 3.05) is 11.9 Å². The van der Waals surface area contributed by atoms with Crippen molar-refractivity contribution in [1.82, 2.24) is 0 Å². The van der Waals surface area contributed by atoms with Crippen LogP contribution in [0.5, 0.6) is 0 Å². The number of fused-ring (bicyclic) bond motifs is 1. The lowest BCUT2D eigenvalue weighted by atomic mass is 10.0. The first-order valence-corrected chi connectivity index (χ1v) is 11.7. The molecule has 0 saturated heterocycles. The summed E-state index contributed by atoms with van der Waals surface area (Å²) in [7, 11) is 0. The maximum atomic E-state index is 13.0. The van der Waals surface area contributed by atoms with Gasteiger partial charge in [-0.3, -0.25) is 4.79 Å². The van der Waals surface area contributed by atoms with Gasteiger partial charge in [0.1, 0.15) is 22.2 Å². The molecular formula is C27H19ClN2O3S. The molecule has 0 fully saturated rings. The standard InChI is InChI=1S/C27H19ClN2O3S/c1-2-33-27(32)24-23(18-10-12-21(28)13-11-18)16-34-26(24)30-25(31)20(15-29)14-19-8-5-7-17-6-3-4-9-22(17)19/h3-14,16H,2H2,1H3,(H,30,31)/b20-14+. The summed E-state index contributed by atoms with van der Waals surface area (Å²) in [5.41, 5.74) is 2.30. The fourth-order valence-corrected chi connectivity index (χ4v) is 4.63. The molecule has 0 bridgehead atoms. The van der Waals surface area contributed by atoms with Crippen molar-refractivity contribution in [2.45, 2.75) is 6.92 Å².